The molecule has 0 atom stereocenters. The third kappa shape index (κ3) is 7.79. The van der Waals surface area contributed by atoms with Crippen molar-refractivity contribution in [3.05, 3.63) is 59.0 Å². The number of nitrogens with one attached hydrogen (secondary N) is 2. The lowest BCUT2D eigenvalue weighted by atomic mass is 10.1. The Hall–Kier alpha value is -2.93. The van der Waals surface area contributed by atoms with Gasteiger partial charge in [0.2, 0.25) is 11.8 Å². The summed E-state index contributed by atoms with van der Waals surface area (Å²) in [5, 5.41) is 0. The second-order valence-corrected chi connectivity index (χ2v) is 12.2. The van der Waals surface area contributed by atoms with Crippen LogP contribution in [0, 0.1) is 0 Å². The highest BCUT2D eigenvalue weighted by molar-refractivity contribution is 8.26. The first kappa shape index (κ1) is 28.1. The number of amides is 3. The van der Waals surface area contributed by atoms with Crippen molar-refractivity contribution in [3.63, 3.8) is 0 Å². The van der Waals surface area contributed by atoms with Gasteiger partial charge in [0.25, 0.3) is 5.91 Å². The number of fused-ring (bicyclic) bond motifs is 1. The zero-order valence-corrected chi connectivity index (χ0v) is 23.9. The normalized spacial score (nSPS) is 14.3. The molecule has 0 saturated carbocycles. The number of hydrogen-bond acceptors (Lipinski definition) is 9. The van der Waals surface area contributed by atoms with E-state index in [0.717, 1.165) is 38.7 Å². The van der Waals surface area contributed by atoms with E-state index in [2.05, 4.69) is 15.8 Å². The number of thiocarbonyl (C=S) groups is 1. The molecule has 3 aromatic rings. The molecule has 0 unspecified atom stereocenters. The largest absolute Gasteiger partial charge is 0.497 e. The summed E-state index contributed by atoms with van der Waals surface area (Å²) >= 11 is 9.56. The number of ether oxygens (including phenoxy) is 1. The number of thiazole rings is 1. The fourth-order valence-electron chi connectivity index (χ4n) is 3.55. The van der Waals surface area contributed by atoms with E-state index in [0.29, 0.717) is 22.2 Å². The fourth-order valence-corrected chi connectivity index (χ4v) is 6.73. The van der Waals surface area contributed by atoms with Crippen LogP contribution in [0.5, 0.6) is 5.75 Å². The van der Waals surface area contributed by atoms with Crippen LogP contribution in [0.3, 0.4) is 0 Å². The van der Waals surface area contributed by atoms with E-state index in [1.807, 2.05) is 54.6 Å². The summed E-state index contributed by atoms with van der Waals surface area (Å²) in [5.41, 5.74) is 6.71. The number of aromatic nitrogens is 1. The highest BCUT2D eigenvalue weighted by Gasteiger charge is 2.31. The van der Waals surface area contributed by atoms with Crippen LogP contribution in [0.4, 0.5) is 0 Å². The third-order valence-corrected chi connectivity index (χ3v) is 9.07. The first-order chi connectivity index (χ1) is 18.4. The molecule has 1 saturated heterocycles. The minimum atomic E-state index is -0.292. The predicted octanol–water partition coefficient (Wildman–Crippen LogP) is 5.01. The molecule has 2 N–H and O–H groups in total. The second-order valence-electron chi connectivity index (χ2n) is 8.25. The van der Waals surface area contributed by atoms with Crippen molar-refractivity contribution >= 4 is 85.4 Å². The average molecular weight is 587 g/mol. The summed E-state index contributed by atoms with van der Waals surface area (Å²) in [7, 11) is 1.61. The molecule has 1 fully saturated rings. The Bertz CT molecular complexity index is 1320. The molecule has 4 rings (SSSR count). The Labute approximate surface area is 238 Å². The molecule has 12 heteroatoms. The molecule has 8 nitrogen and oxygen atoms in total. The molecular formula is C26H26N4O4S4. The molecule has 3 amide bonds. The van der Waals surface area contributed by atoms with Crippen LogP contribution in [0.1, 0.15) is 31.2 Å². The van der Waals surface area contributed by atoms with Gasteiger partial charge in [-0.15, -0.1) is 11.3 Å². The van der Waals surface area contributed by atoms with Crippen molar-refractivity contribution in [1.29, 1.82) is 0 Å². The van der Waals surface area contributed by atoms with Gasteiger partial charge < -0.3 is 4.74 Å². The van der Waals surface area contributed by atoms with E-state index in [-0.39, 0.29) is 29.9 Å². The van der Waals surface area contributed by atoms with Crippen molar-refractivity contribution < 1.29 is 19.1 Å². The van der Waals surface area contributed by atoms with Crippen molar-refractivity contribution in [1.82, 2.24) is 20.7 Å². The van der Waals surface area contributed by atoms with Gasteiger partial charge in [0, 0.05) is 13.0 Å². The number of para-hydroxylation sites is 1. The Morgan fingerprint density at radius 3 is 2.61 bits per heavy atom. The first-order valence-electron chi connectivity index (χ1n) is 11.9. The van der Waals surface area contributed by atoms with E-state index >= 15 is 0 Å². The topological polar surface area (TPSA) is 101 Å². The molecule has 1 aliphatic heterocycles. The fraction of sp³-hybridized carbons (Fsp3) is 0.269. The van der Waals surface area contributed by atoms with Crippen LogP contribution >= 0.6 is 47.1 Å². The minimum absolute atomic E-state index is 0.0972. The van der Waals surface area contributed by atoms with Gasteiger partial charge >= 0.3 is 0 Å². The van der Waals surface area contributed by atoms with Gasteiger partial charge in [-0.2, -0.15) is 0 Å². The zero-order valence-electron chi connectivity index (χ0n) is 20.6. The van der Waals surface area contributed by atoms with Crippen LogP contribution in [0.2, 0.25) is 0 Å². The zero-order chi connectivity index (χ0) is 26.9. The monoisotopic (exact) mass is 586 g/mol. The number of carbonyl (C=O) groups excluding carboxylic acids is 3. The summed E-state index contributed by atoms with van der Waals surface area (Å²) < 4.78 is 7.59. The van der Waals surface area contributed by atoms with Crippen LogP contribution in [0.15, 0.2) is 57.8 Å². The van der Waals surface area contributed by atoms with Crippen LogP contribution in [-0.4, -0.2) is 51.3 Å². The van der Waals surface area contributed by atoms with Crippen LogP contribution in [0.25, 0.3) is 16.3 Å². The van der Waals surface area contributed by atoms with Crippen LogP contribution < -0.4 is 15.6 Å². The lowest BCUT2D eigenvalue weighted by Gasteiger charge is -2.14. The van der Waals surface area contributed by atoms with E-state index in [4.69, 9.17) is 17.0 Å². The first-order valence-corrected chi connectivity index (χ1v) is 14.9. The Kier molecular flexibility index (Phi) is 10.2. The van der Waals surface area contributed by atoms with Gasteiger partial charge in [0.1, 0.15) is 10.1 Å². The summed E-state index contributed by atoms with van der Waals surface area (Å²) in [6.45, 7) is 0.506. The number of methoxy groups -OCH3 is 1. The summed E-state index contributed by atoms with van der Waals surface area (Å²) in [6, 6.07) is 15.3. The second kappa shape index (κ2) is 13.7. The summed E-state index contributed by atoms with van der Waals surface area (Å²) in [5.74, 6) is 0.276. The maximum Gasteiger partial charge on any atom is 0.266 e. The molecule has 1 aliphatic rings. The maximum atomic E-state index is 12.8. The van der Waals surface area contributed by atoms with E-state index in [1.54, 1.807) is 12.0 Å². The lowest BCUT2D eigenvalue weighted by Crippen LogP contribution is -2.42. The Morgan fingerprint density at radius 1 is 1.08 bits per heavy atom. The maximum absolute atomic E-state index is 12.8. The number of carbonyl (C=O) groups is 3. The van der Waals surface area contributed by atoms with Crippen LogP contribution in [-0.2, 0) is 14.4 Å². The molecule has 0 spiro atoms. The van der Waals surface area contributed by atoms with Gasteiger partial charge in [-0.1, -0.05) is 66.4 Å². The van der Waals surface area contributed by atoms with Crippen molar-refractivity contribution in [2.24, 2.45) is 0 Å². The molecule has 0 radical (unpaired) electrons. The molecule has 1 aromatic heterocycles. The number of rotatable bonds is 11. The van der Waals surface area contributed by atoms with Crippen molar-refractivity contribution in [3.8, 4) is 5.75 Å². The molecule has 38 heavy (non-hydrogen) atoms. The van der Waals surface area contributed by atoms with Crippen molar-refractivity contribution in [2.75, 3.05) is 19.4 Å². The van der Waals surface area contributed by atoms with E-state index in [9.17, 15) is 14.4 Å². The highest BCUT2D eigenvalue weighted by Crippen LogP contribution is 2.33. The number of benzene rings is 2. The lowest BCUT2D eigenvalue weighted by molar-refractivity contribution is -0.127. The van der Waals surface area contributed by atoms with Gasteiger partial charge in [-0.25, -0.2) is 4.98 Å². The number of hydrazine groups is 1. The molecular weight excluding hydrogens is 561 g/mol. The average Bonchev–Trinajstić information content (AvgIpc) is 3.46. The number of thioether (sulfide) groups is 2. The van der Waals surface area contributed by atoms with E-state index < -0.39 is 0 Å². The smallest absolute Gasteiger partial charge is 0.266 e. The standard InChI is InChI=1S/C26H26N4O4S4/c1-34-18-12-10-17(11-13-18)15-21-24(33)30(26(35)38-21)14-6-2-3-9-22(31)28-29-23(32)16-36-25-27-19-7-4-5-8-20(19)37-25/h4-5,7-8,10-13,15H,2-3,6,9,14,16H2,1H3,(H,28,31)(H,29,32)/b21-15-. The summed E-state index contributed by atoms with van der Waals surface area (Å²) in [4.78, 5) is 43.6. The van der Waals surface area contributed by atoms with E-state index in [1.165, 1.54) is 34.9 Å². The Balaban J connectivity index is 1.10. The molecule has 0 aliphatic carbocycles. The minimum Gasteiger partial charge on any atom is -0.497 e. The number of hydrogen-bond donors (Lipinski definition) is 2. The van der Waals surface area contributed by atoms with Gasteiger partial charge in [0.05, 0.1) is 28.0 Å². The van der Waals surface area contributed by atoms with Gasteiger partial charge in [-0.05, 0) is 48.7 Å². The quantitative estimate of drug-likeness (QED) is 0.106. The SMILES string of the molecule is COc1ccc(/C=C2\SC(=S)N(CCCCCC(=O)NNC(=O)CSc3nc4ccccc4s3)C2=O)cc1. The van der Waals surface area contributed by atoms with Gasteiger partial charge in [0.15, 0.2) is 4.34 Å². The molecule has 0 bridgehead atoms. The highest BCUT2D eigenvalue weighted by atomic mass is 32.2. The Morgan fingerprint density at radius 2 is 1.84 bits per heavy atom. The third-order valence-electron chi connectivity index (χ3n) is 5.52. The van der Waals surface area contributed by atoms with Crippen molar-refractivity contribution in [2.45, 2.75) is 30.0 Å². The number of unbranched alkanes of at least 4 members (excludes halogenated alkanes) is 2. The molecule has 2 aromatic carbocycles. The summed E-state index contributed by atoms with van der Waals surface area (Å²) in [6.07, 6.45) is 4.22. The molecule has 198 valence electrons. The molecule has 2 heterocycles. The van der Waals surface area contributed by atoms with Gasteiger partial charge in [-0.3, -0.25) is 30.1 Å². The number of nitrogens with zero attached hydrogens (tertiary/aromatic N) is 2. The predicted molar refractivity (Wildman–Crippen MR) is 158 cm³/mol.